The third-order valence-electron chi connectivity index (χ3n) is 13.8. The van der Waals surface area contributed by atoms with Crippen LogP contribution in [0.4, 0.5) is 35.1 Å². The van der Waals surface area contributed by atoms with Crippen LogP contribution < -0.4 is 76.8 Å². The summed E-state index contributed by atoms with van der Waals surface area (Å²) in [5.41, 5.74) is 4.72. The van der Waals surface area contributed by atoms with E-state index in [1.807, 2.05) is 0 Å². The molecule has 4 aromatic carbocycles. The zero-order valence-corrected chi connectivity index (χ0v) is 65.2. The minimum atomic E-state index is -2.93. The fourth-order valence-electron chi connectivity index (χ4n) is 9.35. The summed E-state index contributed by atoms with van der Waals surface area (Å²) in [4.78, 5) is 49.9. The Morgan fingerprint density at radius 1 is 0.306 bits per heavy atom. The Balaban J connectivity index is 0.000000492. The monoisotopic (exact) mass is 1670 g/mol. The second-order valence-electron chi connectivity index (χ2n) is 20.1. The molecule has 0 saturated heterocycles. The van der Waals surface area contributed by atoms with Gasteiger partial charge in [0.2, 0.25) is 0 Å². The minimum absolute atomic E-state index is 0. The predicted octanol–water partition coefficient (Wildman–Crippen LogP) is 5.17. The fourth-order valence-corrected chi connectivity index (χ4v) is 13.3. The molecule has 0 spiro atoms. The zero-order valence-electron chi connectivity index (χ0n) is 59.2. The number of alkyl halides is 8. The SMILES string of the molecule is COc1ccnc(CS(=O)c2nc3cc(OC(F)F)ccc3[n-]2)c1OC.COc1ccnc(CS(=O)c2nc3cc(OC(F)F)ccc3[n-]2)c1OC.COc1ccnc(CS(=O)c2nc3cc(OC(F)F)ccc3[n-]2)c1OC.COc1ccnc(CS(=O)c2nc3cc(OC(F)F)ccc3[n-]2)c1OC.O.O.O.O.O.[Mg+2].[Mg+2]. The summed E-state index contributed by atoms with van der Waals surface area (Å²) in [5.74, 6) is 3.28. The van der Waals surface area contributed by atoms with E-state index in [0.29, 0.717) is 113 Å². The van der Waals surface area contributed by atoms with Gasteiger partial charge in [-0.3, -0.25) is 36.8 Å². The Kier molecular flexibility index (Phi) is 40.6. The molecule has 47 heteroatoms. The maximum atomic E-state index is 12.6. The summed E-state index contributed by atoms with van der Waals surface area (Å²) in [6, 6.07) is 23.1. The number of hydrogen-bond donors (Lipinski definition) is 0. The van der Waals surface area contributed by atoms with Crippen molar-refractivity contribution in [3.8, 4) is 69.0 Å². The van der Waals surface area contributed by atoms with Crippen LogP contribution in [0, 0.1) is 0 Å². The normalized spacial score (nSPS) is 11.6. The maximum absolute atomic E-state index is 12.6. The first-order valence-electron chi connectivity index (χ1n) is 29.4. The molecule has 0 radical (unpaired) electrons. The van der Waals surface area contributed by atoms with Crippen LogP contribution in [0.5, 0.6) is 69.0 Å². The van der Waals surface area contributed by atoms with Crippen molar-refractivity contribution < 1.29 is 136 Å². The summed E-state index contributed by atoms with van der Waals surface area (Å²) in [6.45, 7) is -11.7. The molecule has 0 aliphatic rings. The van der Waals surface area contributed by atoms with Crippen molar-refractivity contribution in [3.63, 3.8) is 0 Å². The summed E-state index contributed by atoms with van der Waals surface area (Å²) in [7, 11) is 5.35. The number of halogens is 8. The van der Waals surface area contributed by atoms with Crippen molar-refractivity contribution in [3.05, 3.63) is 145 Å². The second kappa shape index (κ2) is 46.2. The Hall–Kier alpha value is -9.67. The summed E-state index contributed by atoms with van der Waals surface area (Å²) >= 11 is 0. The molecule has 0 aliphatic heterocycles. The van der Waals surface area contributed by atoms with Gasteiger partial charge in [-0.05, 0) is 92.7 Å². The van der Waals surface area contributed by atoms with Crippen molar-refractivity contribution in [2.45, 2.75) is 70.1 Å². The molecule has 0 aliphatic carbocycles. The van der Waals surface area contributed by atoms with Crippen molar-refractivity contribution in [1.82, 2.24) is 59.8 Å². The van der Waals surface area contributed by atoms with Gasteiger partial charge in [0.1, 0.15) is 23.0 Å². The summed E-state index contributed by atoms with van der Waals surface area (Å²) in [6.07, 6.45) is 6.07. The molecule has 8 heterocycles. The molecule has 0 bridgehead atoms. The van der Waals surface area contributed by atoms with Gasteiger partial charge in [0.25, 0.3) is 0 Å². The third-order valence-corrected chi connectivity index (χ3v) is 18.3. The van der Waals surface area contributed by atoms with E-state index in [1.54, 1.807) is 24.3 Å². The van der Waals surface area contributed by atoms with E-state index in [-0.39, 0.29) is 140 Å². The van der Waals surface area contributed by atoms with Gasteiger partial charge >= 0.3 is 72.6 Å². The number of methoxy groups -OCH3 is 8. The van der Waals surface area contributed by atoms with E-state index < -0.39 is 69.6 Å². The van der Waals surface area contributed by atoms with Crippen molar-refractivity contribution >= 4 is 133 Å². The smallest absolute Gasteiger partial charge is 0.493 e. The number of hydrogen-bond acceptors (Lipinski definition) is 24. The molecular formula is C64H66F8Mg2N12O21S4. The molecule has 12 aromatic rings. The summed E-state index contributed by atoms with van der Waals surface area (Å²) < 4.78 is 208. The van der Waals surface area contributed by atoms with Crippen molar-refractivity contribution in [1.29, 1.82) is 0 Å². The average Bonchev–Trinajstić information content (AvgIpc) is 1.70. The Morgan fingerprint density at radius 3 is 0.658 bits per heavy atom. The molecule has 592 valence electrons. The van der Waals surface area contributed by atoms with Gasteiger partial charge in [0.15, 0.2) is 46.0 Å². The number of pyridine rings is 4. The van der Waals surface area contributed by atoms with Crippen LogP contribution >= 0.6 is 0 Å². The van der Waals surface area contributed by atoms with E-state index in [2.05, 4.69) is 78.8 Å². The predicted molar refractivity (Wildman–Crippen MR) is 386 cm³/mol. The van der Waals surface area contributed by atoms with E-state index >= 15 is 0 Å². The molecule has 10 N–H and O–H groups in total. The Labute approximate surface area is 665 Å². The van der Waals surface area contributed by atoms with Gasteiger partial charge in [-0.15, -0.1) is 0 Å². The van der Waals surface area contributed by atoms with Gasteiger partial charge in [0.05, 0.1) is 146 Å². The first kappa shape index (κ1) is 97.4. The molecule has 33 nitrogen and oxygen atoms in total. The van der Waals surface area contributed by atoms with Gasteiger partial charge in [-0.1, -0.05) is 24.3 Å². The number of fused-ring (bicyclic) bond motifs is 4. The first-order chi connectivity index (χ1) is 50.0. The maximum Gasteiger partial charge on any atom is 2.00 e. The zero-order chi connectivity index (χ0) is 74.7. The van der Waals surface area contributed by atoms with Gasteiger partial charge in [0, 0.05) is 69.7 Å². The van der Waals surface area contributed by atoms with Crippen molar-refractivity contribution in [2.24, 2.45) is 0 Å². The van der Waals surface area contributed by atoms with Crippen LogP contribution in [0.2, 0.25) is 0 Å². The standard InChI is InChI=1S/4C16H14F2N3O4S.2Mg.5H2O/c4*1-23-13-5-6-19-12(14(13)24-2)8-26(22)16-20-10-4-3-9(25-15(17)18)7-11(10)21-16;;;;;;;/h4*3-7,15H,8H2,1-2H3;;;5*1H2/q4*-1;2*+2;;;;;. The number of nitrogens with zero attached hydrogens (tertiary/aromatic N) is 12. The van der Waals surface area contributed by atoms with Crippen LogP contribution in [0.3, 0.4) is 0 Å². The topological polar surface area (TPSA) is 496 Å². The molecule has 8 aromatic heterocycles. The Bertz CT molecular complexity index is 4430. The molecule has 111 heavy (non-hydrogen) atoms. The third kappa shape index (κ3) is 25.7. The van der Waals surface area contributed by atoms with Crippen LogP contribution in [-0.2, 0) is 66.2 Å². The molecule has 12 rings (SSSR count). The fraction of sp³-hybridized carbons (Fsp3) is 0.250. The van der Waals surface area contributed by atoms with Crippen LogP contribution in [0.25, 0.3) is 44.1 Å². The van der Waals surface area contributed by atoms with Crippen molar-refractivity contribution in [2.75, 3.05) is 56.9 Å². The van der Waals surface area contributed by atoms with E-state index in [1.165, 1.54) is 154 Å². The molecule has 4 unspecified atom stereocenters. The van der Waals surface area contributed by atoms with E-state index in [0.717, 1.165) is 0 Å². The minimum Gasteiger partial charge on any atom is -0.493 e. The molecule has 0 amide bonds. The number of imidazole rings is 4. The van der Waals surface area contributed by atoms with Gasteiger partial charge in [-0.2, -0.15) is 35.1 Å². The first-order valence-corrected chi connectivity index (χ1v) is 34.7. The second-order valence-corrected chi connectivity index (χ2v) is 25.5. The number of aromatic nitrogens is 12. The average molecular weight is 1670 g/mol. The number of rotatable bonds is 28. The van der Waals surface area contributed by atoms with Crippen LogP contribution in [-0.4, -0.2) is 214 Å². The van der Waals surface area contributed by atoms with Crippen LogP contribution in [0.1, 0.15) is 22.8 Å². The molecular weight excluding hydrogens is 1600 g/mol. The Morgan fingerprint density at radius 2 is 0.495 bits per heavy atom. The van der Waals surface area contributed by atoms with Crippen LogP contribution in [0.15, 0.2) is 142 Å². The van der Waals surface area contributed by atoms with Gasteiger partial charge in [-0.25, -0.2) is 0 Å². The molecule has 0 saturated carbocycles. The number of ether oxygens (including phenoxy) is 12. The van der Waals surface area contributed by atoms with E-state index in [4.69, 9.17) is 37.9 Å². The van der Waals surface area contributed by atoms with E-state index in [9.17, 15) is 52.0 Å². The number of benzene rings is 4. The molecule has 0 fully saturated rings. The molecule has 4 atom stereocenters. The van der Waals surface area contributed by atoms with Gasteiger partial charge < -0.3 is 124 Å². The largest absolute Gasteiger partial charge is 2.00 e. The summed E-state index contributed by atoms with van der Waals surface area (Å²) in [5, 5.41) is 0.281. The quantitative estimate of drug-likeness (QED) is 0.0451.